The minimum Gasteiger partial charge on any atom is -0.384 e. The number of nitrogen functional groups attached to an aromatic ring is 1. The number of pyridine rings is 1. The minimum absolute atomic E-state index is 0.572. The van der Waals surface area contributed by atoms with E-state index < -0.39 is 0 Å². The first kappa shape index (κ1) is 7.91. The molecule has 0 aliphatic heterocycles. The number of hydrogen-bond donors (Lipinski definition) is 2. The maximum atomic E-state index is 5.25. The fourth-order valence-corrected chi connectivity index (χ4v) is 0.376. The summed E-state index contributed by atoms with van der Waals surface area (Å²) in [6, 6.07) is 5.43. The Bertz CT molecular complexity index is 138. The van der Waals surface area contributed by atoms with Crippen LogP contribution in [-0.2, 0) is 0 Å². The van der Waals surface area contributed by atoms with Gasteiger partial charge in [0.05, 0.1) is 0 Å². The lowest BCUT2D eigenvalue weighted by atomic mass is 10.5. The largest absolute Gasteiger partial charge is 0.384 e. The molecule has 9 heavy (non-hydrogen) atoms. The Morgan fingerprint density at radius 1 is 1.33 bits per heavy atom. The molecule has 0 bridgehead atoms. The molecule has 0 unspecified atom stereocenters. The molecule has 0 saturated carbocycles. The van der Waals surface area contributed by atoms with Gasteiger partial charge in [-0.3, -0.25) is 0 Å². The van der Waals surface area contributed by atoms with Gasteiger partial charge >= 0.3 is 0 Å². The van der Waals surface area contributed by atoms with Gasteiger partial charge in [0, 0.05) is 6.20 Å². The van der Waals surface area contributed by atoms with Crippen LogP contribution in [0.3, 0.4) is 0 Å². The first-order valence-electron chi connectivity index (χ1n) is 2.64. The molecule has 0 aliphatic rings. The van der Waals surface area contributed by atoms with Crippen molar-refractivity contribution in [1.29, 1.82) is 0 Å². The van der Waals surface area contributed by atoms with Crippen molar-refractivity contribution in [3.05, 3.63) is 24.4 Å². The summed E-state index contributed by atoms with van der Waals surface area (Å²) in [7, 11) is 1.50. The van der Waals surface area contributed by atoms with E-state index in [-0.39, 0.29) is 0 Å². The SMILES string of the molecule is CN.Nc1ccccn1. The number of anilines is 1. The van der Waals surface area contributed by atoms with E-state index in [1.165, 1.54) is 7.05 Å². The average molecular weight is 125 g/mol. The van der Waals surface area contributed by atoms with Crippen molar-refractivity contribution in [2.24, 2.45) is 5.73 Å². The minimum atomic E-state index is 0.572. The third-order valence-corrected chi connectivity index (χ3v) is 0.688. The van der Waals surface area contributed by atoms with Gasteiger partial charge in [0.25, 0.3) is 0 Å². The molecule has 0 amide bonds. The summed E-state index contributed by atoms with van der Waals surface area (Å²) in [6.45, 7) is 0. The first-order valence-corrected chi connectivity index (χ1v) is 2.64. The Balaban J connectivity index is 0.000000291. The number of hydrogen-bond acceptors (Lipinski definition) is 3. The predicted molar refractivity (Wildman–Crippen MR) is 38.8 cm³/mol. The van der Waals surface area contributed by atoms with Crippen LogP contribution < -0.4 is 11.5 Å². The Morgan fingerprint density at radius 2 is 2.00 bits per heavy atom. The second-order valence-corrected chi connectivity index (χ2v) is 1.25. The number of nitrogens with two attached hydrogens (primary N) is 2. The van der Waals surface area contributed by atoms with Crippen LogP contribution in [0.2, 0.25) is 0 Å². The normalized spacial score (nSPS) is 7.33. The quantitative estimate of drug-likeness (QED) is 0.522. The van der Waals surface area contributed by atoms with E-state index in [0.29, 0.717) is 5.82 Å². The Kier molecular flexibility index (Phi) is 4.44. The summed E-state index contributed by atoms with van der Waals surface area (Å²) in [5.41, 5.74) is 9.75. The van der Waals surface area contributed by atoms with E-state index in [4.69, 9.17) is 5.73 Å². The topological polar surface area (TPSA) is 64.9 Å². The Labute approximate surface area is 54.7 Å². The number of nitrogens with zero attached hydrogens (tertiary/aromatic N) is 1. The highest BCUT2D eigenvalue weighted by Gasteiger charge is 1.73. The van der Waals surface area contributed by atoms with Gasteiger partial charge in [-0.2, -0.15) is 0 Å². The molecule has 1 heterocycles. The summed E-state index contributed by atoms with van der Waals surface area (Å²) in [6.07, 6.45) is 1.66. The number of aromatic nitrogens is 1. The summed E-state index contributed by atoms with van der Waals surface area (Å²) >= 11 is 0. The van der Waals surface area contributed by atoms with E-state index >= 15 is 0 Å². The highest BCUT2D eigenvalue weighted by molar-refractivity contribution is 5.25. The maximum Gasteiger partial charge on any atom is 0.123 e. The van der Waals surface area contributed by atoms with Crippen molar-refractivity contribution in [3.63, 3.8) is 0 Å². The summed E-state index contributed by atoms with van der Waals surface area (Å²) in [5.74, 6) is 0.572. The zero-order valence-corrected chi connectivity index (χ0v) is 5.41. The van der Waals surface area contributed by atoms with Crippen molar-refractivity contribution in [3.8, 4) is 0 Å². The number of rotatable bonds is 0. The Morgan fingerprint density at radius 3 is 2.22 bits per heavy atom. The average Bonchev–Trinajstić information content (AvgIpc) is 1.94. The fourth-order valence-electron chi connectivity index (χ4n) is 0.376. The molecule has 50 valence electrons. The second kappa shape index (κ2) is 5.05. The van der Waals surface area contributed by atoms with Crippen molar-refractivity contribution >= 4 is 5.82 Å². The summed E-state index contributed by atoms with van der Waals surface area (Å²) in [5, 5.41) is 0. The lowest BCUT2D eigenvalue weighted by Crippen LogP contribution is -1.85. The van der Waals surface area contributed by atoms with Crippen molar-refractivity contribution in [2.75, 3.05) is 12.8 Å². The van der Waals surface area contributed by atoms with Gasteiger partial charge in [-0.25, -0.2) is 4.98 Å². The van der Waals surface area contributed by atoms with Crippen LogP contribution in [0.1, 0.15) is 0 Å². The summed E-state index contributed by atoms with van der Waals surface area (Å²) < 4.78 is 0. The van der Waals surface area contributed by atoms with E-state index in [1.54, 1.807) is 12.3 Å². The molecule has 3 nitrogen and oxygen atoms in total. The molecule has 0 atom stereocenters. The molecule has 1 aromatic heterocycles. The molecular weight excluding hydrogens is 114 g/mol. The molecule has 0 aromatic carbocycles. The van der Waals surface area contributed by atoms with Crippen LogP contribution in [-0.4, -0.2) is 12.0 Å². The van der Waals surface area contributed by atoms with Crippen LogP contribution in [0, 0.1) is 0 Å². The summed E-state index contributed by atoms with van der Waals surface area (Å²) in [4.78, 5) is 3.76. The van der Waals surface area contributed by atoms with Crippen molar-refractivity contribution < 1.29 is 0 Å². The van der Waals surface area contributed by atoms with Crippen LogP contribution in [0.15, 0.2) is 24.4 Å². The standard InChI is InChI=1S/C5H6N2.CH5N/c6-5-3-1-2-4-7-5;1-2/h1-4H,(H2,6,7);2H2,1H3. The van der Waals surface area contributed by atoms with Gasteiger partial charge in [-0.1, -0.05) is 6.07 Å². The monoisotopic (exact) mass is 125 g/mol. The van der Waals surface area contributed by atoms with Gasteiger partial charge in [-0.15, -0.1) is 0 Å². The van der Waals surface area contributed by atoms with E-state index in [1.807, 2.05) is 12.1 Å². The molecular formula is C6H11N3. The molecule has 0 aliphatic carbocycles. The Hall–Kier alpha value is -1.09. The van der Waals surface area contributed by atoms with E-state index in [2.05, 4.69) is 10.7 Å². The maximum absolute atomic E-state index is 5.25. The fraction of sp³-hybridized carbons (Fsp3) is 0.167. The zero-order valence-electron chi connectivity index (χ0n) is 5.41. The van der Waals surface area contributed by atoms with E-state index in [9.17, 15) is 0 Å². The third kappa shape index (κ3) is 3.49. The highest BCUT2D eigenvalue weighted by atomic mass is 14.8. The highest BCUT2D eigenvalue weighted by Crippen LogP contribution is 1.89. The van der Waals surface area contributed by atoms with E-state index in [0.717, 1.165) is 0 Å². The lowest BCUT2D eigenvalue weighted by Gasteiger charge is -1.82. The van der Waals surface area contributed by atoms with Gasteiger partial charge in [0.2, 0.25) is 0 Å². The predicted octanol–water partition coefficient (Wildman–Crippen LogP) is 0.239. The molecule has 0 radical (unpaired) electrons. The third-order valence-electron chi connectivity index (χ3n) is 0.688. The second-order valence-electron chi connectivity index (χ2n) is 1.25. The van der Waals surface area contributed by atoms with Crippen molar-refractivity contribution in [1.82, 2.24) is 4.98 Å². The lowest BCUT2D eigenvalue weighted by molar-refractivity contribution is 1.34. The van der Waals surface area contributed by atoms with Crippen LogP contribution in [0.4, 0.5) is 5.82 Å². The molecule has 4 N–H and O–H groups in total. The first-order chi connectivity index (χ1) is 4.39. The molecule has 0 spiro atoms. The van der Waals surface area contributed by atoms with Crippen LogP contribution >= 0.6 is 0 Å². The molecule has 0 fully saturated rings. The van der Waals surface area contributed by atoms with Gasteiger partial charge in [0.1, 0.15) is 5.82 Å². The zero-order chi connectivity index (χ0) is 7.11. The molecule has 1 rings (SSSR count). The van der Waals surface area contributed by atoms with Crippen molar-refractivity contribution in [2.45, 2.75) is 0 Å². The van der Waals surface area contributed by atoms with Gasteiger partial charge in [0.15, 0.2) is 0 Å². The van der Waals surface area contributed by atoms with Gasteiger partial charge in [-0.05, 0) is 19.2 Å². The smallest absolute Gasteiger partial charge is 0.123 e. The van der Waals surface area contributed by atoms with Crippen LogP contribution in [0.25, 0.3) is 0 Å². The molecule has 1 aromatic rings. The van der Waals surface area contributed by atoms with Crippen LogP contribution in [0.5, 0.6) is 0 Å². The molecule has 3 heteroatoms. The molecule has 0 saturated heterocycles. The van der Waals surface area contributed by atoms with Gasteiger partial charge < -0.3 is 11.5 Å².